The first-order chi connectivity index (χ1) is 14.2. The van der Waals surface area contributed by atoms with E-state index in [-0.39, 0.29) is 26.9 Å². The molecule has 4 heterocycles. The van der Waals surface area contributed by atoms with Gasteiger partial charge in [0.25, 0.3) is 0 Å². The molecule has 4 aromatic heterocycles. The van der Waals surface area contributed by atoms with E-state index in [2.05, 4.69) is 27.5 Å². The number of nitrogens with zero attached hydrogens (tertiary/aromatic N) is 5. The van der Waals surface area contributed by atoms with Gasteiger partial charge in [-0.1, -0.05) is 36.7 Å². The number of halogens is 3. The topological polar surface area (TPSA) is 56.5 Å². The molecular weight excluding hydrogens is 586 g/mol. The number of rotatable bonds is 4. The van der Waals surface area contributed by atoms with E-state index >= 15 is 0 Å². The molecular formula is C22H16F3N5Pt. The average molecular weight is 602 g/mol. The van der Waals surface area contributed by atoms with Gasteiger partial charge in [0, 0.05) is 16.8 Å². The van der Waals surface area contributed by atoms with Gasteiger partial charge in [-0.2, -0.15) is 13.2 Å². The molecule has 0 aliphatic carbocycles. The predicted molar refractivity (Wildman–Crippen MR) is 104 cm³/mol. The summed E-state index contributed by atoms with van der Waals surface area (Å²) in [5.74, 6) is 0.243. The number of hydrogen-bond acceptors (Lipinski definition) is 4. The fourth-order valence-electron chi connectivity index (χ4n) is 2.97. The molecule has 4 aromatic rings. The molecule has 0 saturated carbocycles. The van der Waals surface area contributed by atoms with Crippen molar-refractivity contribution in [3.63, 3.8) is 0 Å². The van der Waals surface area contributed by atoms with Gasteiger partial charge in [0.05, 0.1) is 11.5 Å². The van der Waals surface area contributed by atoms with E-state index in [4.69, 9.17) is 4.98 Å². The largest absolute Gasteiger partial charge is 2.00 e. The molecule has 4 rings (SSSR count). The summed E-state index contributed by atoms with van der Waals surface area (Å²) in [6, 6.07) is 15.2. The van der Waals surface area contributed by atoms with Gasteiger partial charge in [-0.05, 0) is 37.9 Å². The van der Waals surface area contributed by atoms with Crippen molar-refractivity contribution in [3.05, 3.63) is 90.3 Å². The normalized spacial score (nSPS) is 11.8. The SMILES string of the molecule is CC(C)(c1cccc(-c2[c-]nccc2)n1)c1cccc(-n2[c-]cc(C(F)(F)F)n2)n1.[Pt+2]. The van der Waals surface area contributed by atoms with Crippen LogP contribution in [0, 0.1) is 12.4 Å². The molecule has 9 heteroatoms. The second-order valence-electron chi connectivity index (χ2n) is 7.15. The summed E-state index contributed by atoms with van der Waals surface area (Å²) in [7, 11) is 0. The van der Waals surface area contributed by atoms with Gasteiger partial charge in [-0.15, -0.1) is 23.8 Å². The average Bonchev–Trinajstić information content (AvgIpc) is 3.26. The molecule has 160 valence electrons. The zero-order chi connectivity index (χ0) is 21.4. The molecule has 0 N–H and O–H groups in total. The Morgan fingerprint density at radius 3 is 2.23 bits per heavy atom. The van der Waals surface area contributed by atoms with Gasteiger partial charge in [-0.25, -0.2) is 0 Å². The molecule has 0 radical (unpaired) electrons. The summed E-state index contributed by atoms with van der Waals surface area (Å²) in [6.07, 6.45) is 2.49. The van der Waals surface area contributed by atoms with E-state index in [1.165, 1.54) is 0 Å². The minimum atomic E-state index is -4.54. The molecule has 0 fully saturated rings. The number of alkyl halides is 3. The third-order valence-corrected chi connectivity index (χ3v) is 4.69. The number of hydrogen-bond donors (Lipinski definition) is 0. The maximum atomic E-state index is 12.9. The maximum Gasteiger partial charge on any atom is 2.00 e. The third-order valence-electron chi connectivity index (χ3n) is 4.69. The Labute approximate surface area is 191 Å². The van der Waals surface area contributed by atoms with Crippen molar-refractivity contribution in [1.29, 1.82) is 0 Å². The van der Waals surface area contributed by atoms with E-state index in [0.717, 1.165) is 27.7 Å². The summed E-state index contributed by atoms with van der Waals surface area (Å²) in [5, 5.41) is 3.55. The van der Waals surface area contributed by atoms with Crippen molar-refractivity contribution in [2.24, 2.45) is 0 Å². The molecule has 0 aromatic carbocycles. The summed E-state index contributed by atoms with van der Waals surface area (Å²) in [6.45, 7) is 3.90. The molecule has 0 spiro atoms. The van der Waals surface area contributed by atoms with Gasteiger partial charge in [0.2, 0.25) is 0 Å². The Balaban J connectivity index is 0.00000272. The molecule has 5 nitrogen and oxygen atoms in total. The van der Waals surface area contributed by atoms with E-state index in [0.29, 0.717) is 5.69 Å². The zero-order valence-electron chi connectivity index (χ0n) is 16.5. The number of pyridine rings is 3. The van der Waals surface area contributed by atoms with Crippen LogP contribution in [0.2, 0.25) is 0 Å². The van der Waals surface area contributed by atoms with Crippen LogP contribution < -0.4 is 0 Å². The van der Waals surface area contributed by atoms with Crippen LogP contribution in [0.1, 0.15) is 30.9 Å². The van der Waals surface area contributed by atoms with Gasteiger partial charge < -0.3 is 14.6 Å². The molecule has 0 aliphatic rings. The van der Waals surface area contributed by atoms with Crippen molar-refractivity contribution in [2.75, 3.05) is 0 Å². The van der Waals surface area contributed by atoms with Crippen LogP contribution >= 0.6 is 0 Å². The smallest absolute Gasteiger partial charge is 0.360 e. The standard InChI is InChI=1S/C22H16F3N5.Pt/c1-21(2,17-8-3-7-16(27-17)15-6-5-12-26-14-15)18-9-4-10-20(28-18)30-13-11-19(29-30)22(23,24)25;/h3-12H,1-2H3;/q-2;+2. The van der Waals surface area contributed by atoms with Crippen molar-refractivity contribution in [1.82, 2.24) is 24.7 Å². The second-order valence-corrected chi connectivity index (χ2v) is 7.15. The van der Waals surface area contributed by atoms with Crippen molar-refractivity contribution in [3.8, 4) is 17.1 Å². The molecule has 0 atom stereocenters. The summed E-state index contributed by atoms with van der Waals surface area (Å²) >= 11 is 0. The van der Waals surface area contributed by atoms with Gasteiger partial charge in [0.1, 0.15) is 0 Å². The molecule has 0 amide bonds. The summed E-state index contributed by atoms with van der Waals surface area (Å²) in [4.78, 5) is 13.3. The van der Waals surface area contributed by atoms with E-state index in [1.54, 1.807) is 18.3 Å². The molecule has 0 bridgehead atoms. The van der Waals surface area contributed by atoms with Crippen LogP contribution in [0.5, 0.6) is 0 Å². The van der Waals surface area contributed by atoms with Crippen molar-refractivity contribution >= 4 is 0 Å². The van der Waals surface area contributed by atoms with E-state index in [9.17, 15) is 13.2 Å². The quantitative estimate of drug-likeness (QED) is 0.319. The van der Waals surface area contributed by atoms with E-state index in [1.807, 2.05) is 50.2 Å². The molecule has 0 saturated heterocycles. The number of aromatic nitrogens is 5. The van der Waals surface area contributed by atoms with Crippen LogP contribution in [0.3, 0.4) is 0 Å². The van der Waals surface area contributed by atoms with Crippen LogP contribution in [-0.2, 0) is 32.7 Å². The molecule has 0 unspecified atom stereocenters. The predicted octanol–water partition coefficient (Wildman–Crippen LogP) is 4.67. The van der Waals surface area contributed by atoms with E-state index < -0.39 is 17.3 Å². The van der Waals surface area contributed by atoms with Crippen LogP contribution in [0.25, 0.3) is 17.1 Å². The summed E-state index contributed by atoms with van der Waals surface area (Å²) < 4.78 is 39.6. The second kappa shape index (κ2) is 8.71. The molecule has 0 aliphatic heterocycles. The molecule has 31 heavy (non-hydrogen) atoms. The third kappa shape index (κ3) is 4.74. The first-order valence-electron chi connectivity index (χ1n) is 9.08. The fourth-order valence-corrected chi connectivity index (χ4v) is 2.97. The zero-order valence-corrected chi connectivity index (χ0v) is 18.7. The maximum absolute atomic E-state index is 12.9. The summed E-state index contributed by atoms with van der Waals surface area (Å²) in [5.41, 5.74) is 1.24. The fraction of sp³-hybridized carbons (Fsp3) is 0.182. The first kappa shape index (κ1) is 22.8. The Hall–Kier alpha value is -2.86. The first-order valence-corrected chi connectivity index (χ1v) is 9.08. The van der Waals surface area contributed by atoms with Crippen molar-refractivity contribution in [2.45, 2.75) is 25.4 Å². The Morgan fingerprint density at radius 1 is 0.871 bits per heavy atom. The van der Waals surface area contributed by atoms with Gasteiger partial charge in [0.15, 0.2) is 0 Å². The minimum Gasteiger partial charge on any atom is -0.360 e. The van der Waals surface area contributed by atoms with Crippen LogP contribution in [0.15, 0.2) is 60.8 Å². The Kier molecular flexibility index (Phi) is 6.41. The van der Waals surface area contributed by atoms with Crippen molar-refractivity contribution < 1.29 is 34.2 Å². The van der Waals surface area contributed by atoms with Crippen LogP contribution in [0.4, 0.5) is 13.2 Å². The van der Waals surface area contributed by atoms with Crippen LogP contribution in [-0.4, -0.2) is 24.7 Å². The monoisotopic (exact) mass is 602 g/mol. The van der Waals surface area contributed by atoms with Gasteiger partial charge >= 0.3 is 27.2 Å². The minimum absolute atomic E-state index is 0. The Bertz CT molecular complexity index is 1170. The Morgan fingerprint density at radius 2 is 1.58 bits per heavy atom. The van der Waals surface area contributed by atoms with Gasteiger partial charge in [-0.3, -0.25) is 10.1 Å².